The van der Waals surface area contributed by atoms with Gasteiger partial charge in [-0.05, 0) is 76.2 Å². The second kappa shape index (κ2) is 10.4. The largest absolute Gasteiger partial charge is 0.281 e. The summed E-state index contributed by atoms with van der Waals surface area (Å²) >= 11 is 0. The van der Waals surface area contributed by atoms with E-state index in [2.05, 4.69) is 0 Å². The Morgan fingerprint density at radius 2 is 0.629 bits per heavy atom. The van der Waals surface area contributed by atoms with Gasteiger partial charge in [0.15, 0.2) is 0 Å². The van der Waals surface area contributed by atoms with E-state index in [1.807, 2.05) is 125 Å². The minimum Gasteiger partial charge on any atom is -0.281 e. The first-order valence-electron chi connectivity index (χ1n) is 11.7. The topological polar surface area (TPSA) is 40.6 Å². The van der Waals surface area contributed by atoms with Crippen LogP contribution in [0.3, 0.4) is 0 Å². The number of nitrogens with zero attached hydrogens (tertiary/aromatic N) is 2. The number of anilines is 4. The van der Waals surface area contributed by atoms with Crippen LogP contribution in [0.1, 0.15) is 28.7 Å². The molecule has 0 N–H and O–H groups in total. The normalized spacial score (nSPS) is 10.6. The second-order valence-electron chi connectivity index (χ2n) is 8.98. The first-order chi connectivity index (χ1) is 16.8. The third-order valence-electron chi connectivity index (χ3n) is 5.97. The molecule has 0 aromatic heterocycles. The Bertz CT molecular complexity index is 1110. The van der Waals surface area contributed by atoms with Gasteiger partial charge in [0.25, 0.3) is 0 Å². The van der Waals surface area contributed by atoms with E-state index >= 15 is 0 Å². The zero-order valence-electron chi connectivity index (χ0n) is 20.7. The molecular weight excluding hydrogens is 432 g/mol. The fourth-order valence-electron chi connectivity index (χ4n) is 3.94. The standard InChI is InChI=1S/C31H30N2O2/c1-22-5-13-26(14-6-22)32(27-15-7-23(2)8-16-27)30(34)21-31(35)33(28-17-9-24(3)10-18-28)29-19-11-25(4)12-20-29/h5-20H,21H2,1-4H3. The number of hydrogen-bond acceptors (Lipinski definition) is 2. The Balaban J connectivity index is 1.69. The van der Waals surface area contributed by atoms with Crippen molar-refractivity contribution < 1.29 is 9.59 Å². The number of rotatable bonds is 6. The number of carbonyl (C=O) groups excluding carboxylic acids is 2. The van der Waals surface area contributed by atoms with Crippen LogP contribution in [-0.2, 0) is 9.59 Å². The molecule has 0 radical (unpaired) electrons. The van der Waals surface area contributed by atoms with Crippen LogP contribution in [-0.4, -0.2) is 11.8 Å². The van der Waals surface area contributed by atoms with Crippen LogP contribution in [0.2, 0.25) is 0 Å². The summed E-state index contributed by atoms with van der Waals surface area (Å²) < 4.78 is 0. The molecular formula is C31H30N2O2. The van der Waals surface area contributed by atoms with Gasteiger partial charge < -0.3 is 0 Å². The third-order valence-corrected chi connectivity index (χ3v) is 5.97. The Morgan fingerprint density at radius 1 is 0.429 bits per heavy atom. The minimum atomic E-state index is -0.285. The fourth-order valence-corrected chi connectivity index (χ4v) is 3.94. The van der Waals surface area contributed by atoms with Crippen molar-refractivity contribution in [2.24, 2.45) is 0 Å². The van der Waals surface area contributed by atoms with Crippen LogP contribution in [0.25, 0.3) is 0 Å². The summed E-state index contributed by atoms with van der Waals surface area (Å²) in [4.78, 5) is 30.6. The molecule has 0 saturated carbocycles. The lowest BCUT2D eigenvalue weighted by atomic mass is 10.1. The van der Waals surface area contributed by atoms with Gasteiger partial charge in [-0.1, -0.05) is 70.8 Å². The maximum Gasteiger partial charge on any atom is 0.241 e. The third kappa shape index (κ3) is 5.67. The summed E-state index contributed by atoms with van der Waals surface area (Å²) in [6.45, 7) is 8.03. The van der Waals surface area contributed by atoms with E-state index in [0.717, 1.165) is 45.0 Å². The summed E-state index contributed by atoms with van der Waals surface area (Å²) in [6.07, 6.45) is -0.274. The highest BCUT2D eigenvalue weighted by Crippen LogP contribution is 2.30. The molecule has 0 bridgehead atoms. The number of benzene rings is 4. The molecule has 4 rings (SSSR count). The lowest BCUT2D eigenvalue weighted by Gasteiger charge is -2.27. The molecule has 4 nitrogen and oxygen atoms in total. The van der Waals surface area contributed by atoms with Crippen LogP contribution in [0.4, 0.5) is 22.7 Å². The predicted octanol–water partition coefficient (Wildman–Crippen LogP) is 7.34. The molecule has 2 amide bonds. The summed E-state index contributed by atoms with van der Waals surface area (Å²) in [6, 6.07) is 31.0. The summed E-state index contributed by atoms with van der Waals surface area (Å²) in [5, 5.41) is 0. The molecule has 0 fully saturated rings. The van der Waals surface area contributed by atoms with E-state index in [1.54, 1.807) is 9.80 Å². The van der Waals surface area contributed by atoms with Gasteiger partial charge in [0, 0.05) is 22.7 Å². The first kappa shape index (κ1) is 24.0. The zero-order chi connectivity index (χ0) is 24.9. The molecule has 4 aromatic rings. The fraction of sp³-hybridized carbons (Fsp3) is 0.161. The molecule has 4 aromatic carbocycles. The summed E-state index contributed by atoms with van der Waals surface area (Å²) in [5.74, 6) is -0.571. The maximum atomic E-state index is 13.7. The summed E-state index contributed by atoms with van der Waals surface area (Å²) in [5.41, 5.74) is 7.34. The second-order valence-corrected chi connectivity index (χ2v) is 8.98. The van der Waals surface area contributed by atoms with E-state index in [-0.39, 0.29) is 18.2 Å². The van der Waals surface area contributed by atoms with Crippen molar-refractivity contribution in [3.8, 4) is 0 Å². The van der Waals surface area contributed by atoms with E-state index in [9.17, 15) is 9.59 Å². The molecule has 0 aliphatic heterocycles. The smallest absolute Gasteiger partial charge is 0.241 e. The number of hydrogen-bond donors (Lipinski definition) is 0. The molecule has 0 atom stereocenters. The van der Waals surface area contributed by atoms with Crippen molar-refractivity contribution in [2.45, 2.75) is 34.1 Å². The SMILES string of the molecule is Cc1ccc(N(C(=O)CC(=O)N(c2ccc(C)cc2)c2ccc(C)cc2)c2ccc(C)cc2)cc1. The highest BCUT2D eigenvalue weighted by molar-refractivity contribution is 6.15. The Hall–Kier alpha value is -4.18. The zero-order valence-corrected chi connectivity index (χ0v) is 20.7. The molecule has 0 spiro atoms. The van der Waals surface area contributed by atoms with Gasteiger partial charge in [-0.15, -0.1) is 0 Å². The molecule has 0 saturated heterocycles. The molecule has 35 heavy (non-hydrogen) atoms. The number of aryl methyl sites for hydroxylation is 4. The van der Waals surface area contributed by atoms with Crippen LogP contribution >= 0.6 is 0 Å². The van der Waals surface area contributed by atoms with Gasteiger partial charge in [0.05, 0.1) is 0 Å². The Morgan fingerprint density at radius 3 is 0.829 bits per heavy atom. The average molecular weight is 463 g/mol. The van der Waals surface area contributed by atoms with Crippen molar-refractivity contribution in [3.05, 3.63) is 119 Å². The van der Waals surface area contributed by atoms with Crippen LogP contribution in [0.5, 0.6) is 0 Å². The molecule has 0 heterocycles. The van der Waals surface area contributed by atoms with Crippen molar-refractivity contribution in [3.63, 3.8) is 0 Å². The van der Waals surface area contributed by atoms with Crippen molar-refractivity contribution in [1.82, 2.24) is 0 Å². The highest BCUT2D eigenvalue weighted by atomic mass is 16.2. The predicted molar refractivity (Wildman–Crippen MR) is 144 cm³/mol. The van der Waals surface area contributed by atoms with Crippen molar-refractivity contribution in [2.75, 3.05) is 9.80 Å². The number of carbonyl (C=O) groups is 2. The number of amides is 2. The molecule has 0 aliphatic carbocycles. The van der Waals surface area contributed by atoms with Crippen LogP contribution in [0.15, 0.2) is 97.1 Å². The first-order valence-corrected chi connectivity index (χ1v) is 11.7. The van der Waals surface area contributed by atoms with Gasteiger partial charge in [-0.25, -0.2) is 0 Å². The van der Waals surface area contributed by atoms with E-state index in [0.29, 0.717) is 0 Å². The lowest BCUT2D eigenvalue weighted by Crippen LogP contribution is -2.34. The van der Waals surface area contributed by atoms with Gasteiger partial charge in [0.1, 0.15) is 6.42 Å². The van der Waals surface area contributed by atoms with Crippen LogP contribution in [0, 0.1) is 27.7 Å². The van der Waals surface area contributed by atoms with Crippen molar-refractivity contribution in [1.29, 1.82) is 0 Å². The van der Waals surface area contributed by atoms with Gasteiger partial charge in [-0.3, -0.25) is 19.4 Å². The molecule has 0 unspecified atom stereocenters. The molecule has 4 heteroatoms. The minimum absolute atomic E-state index is 0.274. The lowest BCUT2D eigenvalue weighted by molar-refractivity contribution is -0.125. The maximum absolute atomic E-state index is 13.7. The molecule has 0 aliphatic rings. The van der Waals surface area contributed by atoms with E-state index in [1.165, 1.54) is 0 Å². The van der Waals surface area contributed by atoms with Crippen LogP contribution < -0.4 is 9.80 Å². The van der Waals surface area contributed by atoms with Gasteiger partial charge in [0.2, 0.25) is 11.8 Å². The average Bonchev–Trinajstić information content (AvgIpc) is 2.84. The van der Waals surface area contributed by atoms with E-state index in [4.69, 9.17) is 0 Å². The van der Waals surface area contributed by atoms with Gasteiger partial charge >= 0.3 is 0 Å². The highest BCUT2D eigenvalue weighted by Gasteiger charge is 2.26. The Kier molecular flexibility index (Phi) is 7.11. The monoisotopic (exact) mass is 462 g/mol. The summed E-state index contributed by atoms with van der Waals surface area (Å²) in [7, 11) is 0. The van der Waals surface area contributed by atoms with Crippen molar-refractivity contribution >= 4 is 34.6 Å². The van der Waals surface area contributed by atoms with Gasteiger partial charge in [-0.2, -0.15) is 0 Å². The quantitative estimate of drug-likeness (QED) is 0.281. The molecule has 176 valence electrons. The van der Waals surface area contributed by atoms with E-state index < -0.39 is 0 Å². The Labute approximate surface area is 207 Å².